The summed E-state index contributed by atoms with van der Waals surface area (Å²) in [6, 6.07) is 22.8. The number of benzene rings is 3. The maximum atomic E-state index is 10.6. The lowest BCUT2D eigenvalue weighted by molar-refractivity contribution is 0.0637. The molecule has 1 aliphatic heterocycles. The SMILES string of the molecule is COc1cc2c(cc1OC)CN(CC(O)COc1ccc(C(C)(C)c3ccccc3)cc1)CC2. The molecule has 0 radical (unpaired) electrons. The molecule has 0 aliphatic carbocycles. The third-order valence-corrected chi connectivity index (χ3v) is 6.78. The average Bonchev–Trinajstić information content (AvgIpc) is 2.87. The Balaban J connectivity index is 1.31. The standard InChI is InChI=1S/C29H35NO4/c1-29(2,23-8-6-5-7-9-23)24-10-12-26(13-11-24)34-20-25(31)19-30-15-14-21-16-27(32-3)28(33-4)17-22(21)18-30/h5-13,16-17,25,31H,14-15,18-20H2,1-4H3. The molecule has 1 heterocycles. The van der Waals surface area contributed by atoms with Crippen molar-refractivity contribution >= 4 is 0 Å². The number of rotatable bonds is 9. The Hall–Kier alpha value is -3.02. The smallest absolute Gasteiger partial charge is 0.161 e. The predicted octanol–water partition coefficient (Wildman–Crippen LogP) is 4.83. The van der Waals surface area contributed by atoms with Gasteiger partial charge in [0.2, 0.25) is 0 Å². The third-order valence-electron chi connectivity index (χ3n) is 6.78. The van der Waals surface area contributed by atoms with E-state index in [1.807, 2.05) is 24.3 Å². The Morgan fingerprint density at radius 2 is 1.50 bits per heavy atom. The summed E-state index contributed by atoms with van der Waals surface area (Å²) in [6.45, 7) is 6.94. The van der Waals surface area contributed by atoms with Crippen LogP contribution in [-0.4, -0.2) is 50.0 Å². The number of aliphatic hydroxyl groups excluding tert-OH is 1. The molecule has 1 aliphatic rings. The average molecular weight is 462 g/mol. The molecular formula is C29H35NO4. The minimum absolute atomic E-state index is 0.0867. The van der Waals surface area contributed by atoms with E-state index in [0.717, 1.165) is 36.8 Å². The molecule has 4 rings (SSSR count). The fourth-order valence-electron chi connectivity index (χ4n) is 4.63. The Kier molecular flexibility index (Phi) is 7.44. The molecule has 0 aromatic heterocycles. The zero-order valence-corrected chi connectivity index (χ0v) is 20.6. The summed E-state index contributed by atoms with van der Waals surface area (Å²) in [7, 11) is 3.31. The van der Waals surface area contributed by atoms with Crippen LogP contribution in [0.25, 0.3) is 0 Å². The second-order valence-electron chi connectivity index (χ2n) is 9.44. The van der Waals surface area contributed by atoms with Crippen LogP contribution in [0.3, 0.4) is 0 Å². The van der Waals surface area contributed by atoms with Gasteiger partial charge in [-0.3, -0.25) is 4.90 Å². The van der Waals surface area contributed by atoms with Gasteiger partial charge in [-0.15, -0.1) is 0 Å². The maximum absolute atomic E-state index is 10.6. The van der Waals surface area contributed by atoms with Gasteiger partial charge in [-0.1, -0.05) is 56.3 Å². The number of hydrogen-bond acceptors (Lipinski definition) is 5. The van der Waals surface area contributed by atoms with Crippen molar-refractivity contribution in [3.8, 4) is 17.2 Å². The van der Waals surface area contributed by atoms with E-state index in [1.54, 1.807) is 14.2 Å². The van der Waals surface area contributed by atoms with Crippen molar-refractivity contribution in [3.05, 3.63) is 89.0 Å². The number of hydrogen-bond donors (Lipinski definition) is 1. The minimum Gasteiger partial charge on any atom is -0.493 e. The second kappa shape index (κ2) is 10.5. The van der Waals surface area contributed by atoms with Gasteiger partial charge in [0.25, 0.3) is 0 Å². The molecule has 0 fully saturated rings. The summed E-state index contributed by atoms with van der Waals surface area (Å²) in [5.74, 6) is 2.28. The summed E-state index contributed by atoms with van der Waals surface area (Å²) >= 11 is 0. The second-order valence-corrected chi connectivity index (χ2v) is 9.44. The summed E-state index contributed by atoms with van der Waals surface area (Å²) in [5, 5.41) is 10.6. The first kappa shape index (κ1) is 24.1. The van der Waals surface area contributed by atoms with Gasteiger partial charge >= 0.3 is 0 Å². The highest BCUT2D eigenvalue weighted by Crippen LogP contribution is 2.34. The summed E-state index contributed by atoms with van der Waals surface area (Å²) in [4.78, 5) is 2.26. The van der Waals surface area contributed by atoms with E-state index in [1.165, 1.54) is 22.3 Å². The molecular weight excluding hydrogens is 426 g/mol. The zero-order chi connectivity index (χ0) is 24.1. The molecule has 0 spiro atoms. The van der Waals surface area contributed by atoms with Crippen LogP contribution in [0.4, 0.5) is 0 Å². The van der Waals surface area contributed by atoms with Crippen molar-refractivity contribution in [2.45, 2.75) is 38.3 Å². The van der Waals surface area contributed by atoms with E-state index in [0.29, 0.717) is 6.54 Å². The first-order valence-corrected chi connectivity index (χ1v) is 11.8. The lowest BCUT2D eigenvalue weighted by Gasteiger charge is -2.31. The highest BCUT2D eigenvalue weighted by atomic mass is 16.5. The van der Waals surface area contributed by atoms with Crippen molar-refractivity contribution in [3.63, 3.8) is 0 Å². The van der Waals surface area contributed by atoms with Gasteiger partial charge in [0, 0.05) is 25.0 Å². The monoisotopic (exact) mass is 461 g/mol. The fourth-order valence-corrected chi connectivity index (χ4v) is 4.63. The van der Waals surface area contributed by atoms with Crippen LogP contribution < -0.4 is 14.2 Å². The van der Waals surface area contributed by atoms with Crippen LogP contribution in [-0.2, 0) is 18.4 Å². The largest absolute Gasteiger partial charge is 0.493 e. The lowest BCUT2D eigenvalue weighted by Crippen LogP contribution is -2.38. The molecule has 5 nitrogen and oxygen atoms in total. The van der Waals surface area contributed by atoms with E-state index in [4.69, 9.17) is 14.2 Å². The van der Waals surface area contributed by atoms with Crippen LogP contribution >= 0.6 is 0 Å². The van der Waals surface area contributed by atoms with E-state index in [-0.39, 0.29) is 12.0 Å². The van der Waals surface area contributed by atoms with Gasteiger partial charge in [0.1, 0.15) is 18.5 Å². The number of nitrogens with zero attached hydrogens (tertiary/aromatic N) is 1. The van der Waals surface area contributed by atoms with Crippen molar-refractivity contribution in [1.82, 2.24) is 4.90 Å². The van der Waals surface area contributed by atoms with Crippen molar-refractivity contribution < 1.29 is 19.3 Å². The molecule has 5 heteroatoms. The number of β-amino-alcohol motifs (C(OH)–C–C–N with tert-alkyl or cyclic N) is 1. The molecule has 0 bridgehead atoms. The topological polar surface area (TPSA) is 51.2 Å². The minimum atomic E-state index is -0.567. The quantitative estimate of drug-likeness (QED) is 0.495. The van der Waals surface area contributed by atoms with E-state index >= 15 is 0 Å². The van der Waals surface area contributed by atoms with Gasteiger partial charge in [-0.25, -0.2) is 0 Å². The third kappa shape index (κ3) is 5.37. The molecule has 0 amide bonds. The molecule has 0 saturated heterocycles. The van der Waals surface area contributed by atoms with Gasteiger partial charge in [-0.05, 0) is 52.9 Å². The van der Waals surface area contributed by atoms with Gasteiger partial charge in [0.05, 0.1) is 14.2 Å². The van der Waals surface area contributed by atoms with Gasteiger partial charge < -0.3 is 19.3 Å². The molecule has 1 unspecified atom stereocenters. The van der Waals surface area contributed by atoms with Crippen molar-refractivity contribution in [2.24, 2.45) is 0 Å². The number of ether oxygens (including phenoxy) is 3. The van der Waals surface area contributed by atoms with Crippen LogP contribution in [0.5, 0.6) is 17.2 Å². The Morgan fingerprint density at radius 3 is 2.15 bits per heavy atom. The Bertz CT molecular complexity index is 1080. The van der Waals surface area contributed by atoms with Crippen LogP contribution in [0.1, 0.15) is 36.1 Å². The first-order chi connectivity index (χ1) is 16.4. The maximum Gasteiger partial charge on any atom is 0.161 e. The molecule has 0 saturated carbocycles. The predicted molar refractivity (Wildman–Crippen MR) is 135 cm³/mol. The van der Waals surface area contributed by atoms with Crippen molar-refractivity contribution in [2.75, 3.05) is 33.9 Å². The highest BCUT2D eigenvalue weighted by molar-refractivity contribution is 5.48. The Labute approximate surface area is 202 Å². The fraction of sp³-hybridized carbons (Fsp3) is 0.379. The van der Waals surface area contributed by atoms with Crippen LogP contribution in [0.15, 0.2) is 66.7 Å². The summed E-state index contributed by atoms with van der Waals surface area (Å²) in [5.41, 5.74) is 4.91. The first-order valence-electron chi connectivity index (χ1n) is 11.8. The summed E-state index contributed by atoms with van der Waals surface area (Å²) < 4.78 is 16.8. The molecule has 1 N–H and O–H groups in total. The highest BCUT2D eigenvalue weighted by Gasteiger charge is 2.23. The van der Waals surface area contributed by atoms with E-state index < -0.39 is 6.10 Å². The molecule has 34 heavy (non-hydrogen) atoms. The van der Waals surface area contributed by atoms with Gasteiger partial charge in [0.15, 0.2) is 11.5 Å². The van der Waals surface area contributed by atoms with Gasteiger partial charge in [-0.2, -0.15) is 0 Å². The van der Waals surface area contributed by atoms with E-state index in [2.05, 4.69) is 61.2 Å². The zero-order valence-electron chi connectivity index (χ0n) is 20.6. The number of fused-ring (bicyclic) bond motifs is 1. The summed E-state index contributed by atoms with van der Waals surface area (Å²) in [6.07, 6.45) is 0.351. The molecule has 180 valence electrons. The van der Waals surface area contributed by atoms with Crippen molar-refractivity contribution in [1.29, 1.82) is 0 Å². The van der Waals surface area contributed by atoms with E-state index in [9.17, 15) is 5.11 Å². The Morgan fingerprint density at radius 1 is 0.882 bits per heavy atom. The molecule has 3 aromatic carbocycles. The number of aliphatic hydroxyl groups is 1. The molecule has 3 aromatic rings. The number of methoxy groups -OCH3 is 2. The normalized spacial score (nSPS) is 14.9. The van der Waals surface area contributed by atoms with Crippen LogP contribution in [0.2, 0.25) is 0 Å². The molecule has 1 atom stereocenters. The van der Waals surface area contributed by atoms with Crippen LogP contribution in [0, 0.1) is 0 Å². The lowest BCUT2D eigenvalue weighted by atomic mass is 9.78.